The van der Waals surface area contributed by atoms with Crippen LogP contribution in [0, 0.1) is 0 Å². The molecular weight excluding hydrogens is 354 g/mol. The molecule has 0 amide bonds. The summed E-state index contributed by atoms with van der Waals surface area (Å²) in [7, 11) is 3.34. The second-order valence-electron chi connectivity index (χ2n) is 6.79. The van der Waals surface area contributed by atoms with Gasteiger partial charge in [-0.1, -0.05) is 0 Å². The smallest absolute Gasteiger partial charge is 0.212 e. The first-order chi connectivity index (χ1) is 13.7. The quantitative estimate of drug-likeness (QED) is 0.643. The summed E-state index contributed by atoms with van der Waals surface area (Å²) in [6.07, 6.45) is 11.2. The van der Waals surface area contributed by atoms with Gasteiger partial charge in [-0.05, 0) is 25.0 Å². The van der Waals surface area contributed by atoms with Crippen molar-refractivity contribution in [3.63, 3.8) is 0 Å². The third-order valence-corrected chi connectivity index (χ3v) is 5.13. The number of pyridine rings is 2. The van der Waals surface area contributed by atoms with Crippen molar-refractivity contribution in [2.24, 2.45) is 10.7 Å². The number of allylic oxidation sites excluding steroid dienone is 1. The lowest BCUT2D eigenvalue weighted by Crippen LogP contribution is -2.33. The zero-order valence-electron chi connectivity index (χ0n) is 15.9. The van der Waals surface area contributed by atoms with E-state index in [0.717, 1.165) is 46.1 Å². The van der Waals surface area contributed by atoms with E-state index in [1.807, 2.05) is 24.5 Å². The van der Waals surface area contributed by atoms with Crippen molar-refractivity contribution in [3.05, 3.63) is 48.6 Å². The maximum atomic E-state index is 5.87. The fourth-order valence-corrected chi connectivity index (χ4v) is 3.31. The molecule has 1 aliphatic carbocycles. The molecule has 3 aromatic heterocycles. The van der Waals surface area contributed by atoms with Gasteiger partial charge in [0.25, 0.3) is 0 Å². The molecule has 4 rings (SSSR count). The molecule has 7 nitrogen and oxygen atoms in total. The molecule has 0 radical (unpaired) electrons. The minimum absolute atomic E-state index is 0.296. The highest BCUT2D eigenvalue weighted by atomic mass is 16.5. The van der Waals surface area contributed by atoms with Gasteiger partial charge in [-0.3, -0.25) is 4.99 Å². The highest BCUT2D eigenvalue weighted by Crippen LogP contribution is 2.30. The zero-order valence-corrected chi connectivity index (χ0v) is 15.9. The summed E-state index contributed by atoms with van der Waals surface area (Å²) in [6.45, 7) is 0. The van der Waals surface area contributed by atoms with Gasteiger partial charge < -0.3 is 20.2 Å². The summed E-state index contributed by atoms with van der Waals surface area (Å²) in [5.41, 5.74) is 10.4. The second kappa shape index (κ2) is 7.82. The lowest BCUT2D eigenvalue weighted by atomic mass is 9.90. The molecule has 1 saturated carbocycles. The van der Waals surface area contributed by atoms with Gasteiger partial charge in [-0.15, -0.1) is 0 Å². The molecule has 0 spiro atoms. The molecule has 28 heavy (non-hydrogen) atoms. The Labute approximate surface area is 163 Å². The molecule has 7 heteroatoms. The third-order valence-electron chi connectivity index (χ3n) is 5.13. The van der Waals surface area contributed by atoms with Crippen molar-refractivity contribution in [3.8, 4) is 17.0 Å². The Morgan fingerprint density at radius 2 is 2.11 bits per heavy atom. The highest BCUT2D eigenvalue weighted by Gasteiger charge is 2.27. The Kier molecular flexibility index (Phi) is 5.08. The molecule has 0 bridgehead atoms. The van der Waals surface area contributed by atoms with Crippen molar-refractivity contribution in [2.45, 2.75) is 25.0 Å². The SMILES string of the molecule is COc1ccc(-c2c[nH]c3ncc(/C(C=NC4CC(OC)C4)=C/N)cc23)cn1. The number of H-pyrrole nitrogens is 1. The Morgan fingerprint density at radius 1 is 1.25 bits per heavy atom. The number of ether oxygens (including phenoxy) is 2. The minimum Gasteiger partial charge on any atom is -0.481 e. The Balaban J connectivity index is 1.62. The topological polar surface area (TPSA) is 98.4 Å². The van der Waals surface area contributed by atoms with Gasteiger partial charge in [0, 0.05) is 71.8 Å². The summed E-state index contributed by atoms with van der Waals surface area (Å²) in [5, 5.41) is 1.00. The Bertz CT molecular complexity index is 1020. The Hall–Kier alpha value is -3.19. The number of methoxy groups -OCH3 is 2. The van der Waals surface area contributed by atoms with Crippen molar-refractivity contribution < 1.29 is 9.47 Å². The maximum absolute atomic E-state index is 5.87. The lowest BCUT2D eigenvalue weighted by molar-refractivity contribution is 0.0286. The van der Waals surface area contributed by atoms with Gasteiger partial charge in [0.1, 0.15) is 5.65 Å². The molecule has 3 N–H and O–H groups in total. The summed E-state index contributed by atoms with van der Waals surface area (Å²) in [5.74, 6) is 0.582. The standard InChI is InChI=1S/C21H23N5O2/c1-27-17-6-16(7-17)23-11-15(8-22)14-5-18-19(12-26-21(18)25-10-14)13-3-4-20(28-2)24-9-13/h3-5,8-12,16-17H,6-7,22H2,1-2H3,(H,25,26)/b15-8+,23-11?. The molecule has 1 fully saturated rings. The number of aromatic amines is 1. The summed E-state index contributed by atoms with van der Waals surface area (Å²) < 4.78 is 10.4. The number of nitrogens with two attached hydrogens (primary N) is 1. The van der Waals surface area contributed by atoms with Crippen molar-refractivity contribution >= 4 is 22.8 Å². The van der Waals surface area contributed by atoms with Crippen LogP contribution in [0.25, 0.3) is 27.7 Å². The number of fused-ring (bicyclic) bond motifs is 1. The van der Waals surface area contributed by atoms with Crippen molar-refractivity contribution in [1.29, 1.82) is 0 Å². The summed E-state index contributed by atoms with van der Waals surface area (Å²) in [4.78, 5) is 16.7. The molecule has 3 aromatic rings. The summed E-state index contributed by atoms with van der Waals surface area (Å²) in [6, 6.07) is 6.19. The average molecular weight is 377 g/mol. The van der Waals surface area contributed by atoms with Gasteiger partial charge in [-0.25, -0.2) is 9.97 Å². The number of nitrogens with one attached hydrogen (secondary N) is 1. The molecule has 0 aliphatic heterocycles. The van der Waals surface area contributed by atoms with Gasteiger partial charge in [0.2, 0.25) is 5.88 Å². The van der Waals surface area contributed by atoms with Crippen LogP contribution in [0.4, 0.5) is 0 Å². The number of aromatic nitrogens is 3. The molecule has 0 unspecified atom stereocenters. The van der Waals surface area contributed by atoms with Gasteiger partial charge in [0.15, 0.2) is 0 Å². The first-order valence-corrected chi connectivity index (χ1v) is 9.17. The van der Waals surface area contributed by atoms with Crippen LogP contribution in [0.2, 0.25) is 0 Å². The lowest BCUT2D eigenvalue weighted by Gasteiger charge is -2.30. The molecule has 144 valence electrons. The zero-order chi connectivity index (χ0) is 19.5. The molecule has 0 aromatic carbocycles. The van der Waals surface area contributed by atoms with Crippen LogP contribution >= 0.6 is 0 Å². The number of rotatable bonds is 6. The van der Waals surface area contributed by atoms with Gasteiger partial charge in [-0.2, -0.15) is 0 Å². The fraction of sp³-hybridized carbons (Fsp3) is 0.286. The van der Waals surface area contributed by atoms with Crippen LogP contribution in [-0.4, -0.2) is 47.5 Å². The van der Waals surface area contributed by atoms with E-state index in [2.05, 4.69) is 26.0 Å². The van der Waals surface area contributed by atoms with E-state index in [-0.39, 0.29) is 0 Å². The first kappa shape index (κ1) is 18.2. The summed E-state index contributed by atoms with van der Waals surface area (Å²) >= 11 is 0. The molecule has 0 saturated heterocycles. The number of aliphatic imine (C=N–C) groups is 1. The van der Waals surface area contributed by atoms with E-state index in [1.54, 1.807) is 32.8 Å². The van der Waals surface area contributed by atoms with E-state index in [0.29, 0.717) is 18.0 Å². The Morgan fingerprint density at radius 3 is 2.79 bits per heavy atom. The van der Waals surface area contributed by atoms with E-state index in [1.165, 1.54) is 0 Å². The number of hydrogen-bond donors (Lipinski definition) is 2. The van der Waals surface area contributed by atoms with Crippen molar-refractivity contribution in [1.82, 2.24) is 15.0 Å². The van der Waals surface area contributed by atoms with E-state index in [4.69, 9.17) is 15.2 Å². The van der Waals surface area contributed by atoms with E-state index < -0.39 is 0 Å². The van der Waals surface area contributed by atoms with Crippen LogP contribution in [0.1, 0.15) is 18.4 Å². The predicted octanol–water partition coefficient (Wildman–Crippen LogP) is 3.18. The van der Waals surface area contributed by atoms with E-state index in [9.17, 15) is 0 Å². The van der Waals surface area contributed by atoms with E-state index >= 15 is 0 Å². The normalized spacial score (nSPS) is 19.9. The third kappa shape index (κ3) is 3.48. The highest BCUT2D eigenvalue weighted by molar-refractivity contribution is 6.11. The number of nitrogens with zero attached hydrogens (tertiary/aromatic N) is 3. The van der Waals surface area contributed by atoms with Crippen LogP contribution in [0.15, 0.2) is 48.0 Å². The maximum Gasteiger partial charge on any atom is 0.212 e. The van der Waals surface area contributed by atoms with Crippen LogP contribution < -0.4 is 10.5 Å². The van der Waals surface area contributed by atoms with Crippen molar-refractivity contribution in [2.75, 3.05) is 14.2 Å². The second-order valence-corrected chi connectivity index (χ2v) is 6.79. The monoisotopic (exact) mass is 377 g/mol. The molecule has 3 heterocycles. The van der Waals surface area contributed by atoms with Crippen LogP contribution in [-0.2, 0) is 4.74 Å². The minimum atomic E-state index is 0.296. The molecular formula is C21H23N5O2. The molecule has 1 aliphatic rings. The fourth-order valence-electron chi connectivity index (χ4n) is 3.31. The van der Waals surface area contributed by atoms with Crippen LogP contribution in [0.3, 0.4) is 0 Å². The van der Waals surface area contributed by atoms with Crippen LogP contribution in [0.5, 0.6) is 5.88 Å². The largest absolute Gasteiger partial charge is 0.481 e. The number of hydrogen-bond acceptors (Lipinski definition) is 6. The first-order valence-electron chi connectivity index (χ1n) is 9.17. The predicted molar refractivity (Wildman–Crippen MR) is 110 cm³/mol. The molecule has 0 atom stereocenters. The average Bonchev–Trinajstić information content (AvgIpc) is 3.13. The van der Waals surface area contributed by atoms with Gasteiger partial charge in [0.05, 0.1) is 19.3 Å². The van der Waals surface area contributed by atoms with Gasteiger partial charge >= 0.3 is 0 Å².